The molecule has 0 saturated heterocycles. The summed E-state index contributed by atoms with van der Waals surface area (Å²) in [7, 11) is 1.35. The van der Waals surface area contributed by atoms with Gasteiger partial charge in [-0.15, -0.1) is 0 Å². The van der Waals surface area contributed by atoms with E-state index in [9.17, 15) is 22.4 Å². The minimum absolute atomic E-state index is 0.0181. The van der Waals surface area contributed by atoms with Gasteiger partial charge in [0.25, 0.3) is 6.01 Å². The van der Waals surface area contributed by atoms with Crippen LogP contribution >= 0.6 is 0 Å². The number of aryl methyl sites for hydroxylation is 1. The zero-order valence-corrected chi connectivity index (χ0v) is 16.4. The second kappa shape index (κ2) is 8.56. The van der Waals surface area contributed by atoms with Crippen LogP contribution in [0.2, 0.25) is 0 Å². The van der Waals surface area contributed by atoms with E-state index >= 15 is 0 Å². The monoisotopic (exact) mass is 417 g/mol. The number of amides is 1. The molecular formula is C19H23F4N3O3. The lowest BCUT2D eigenvalue weighted by molar-refractivity contribution is -0.120. The van der Waals surface area contributed by atoms with Gasteiger partial charge in [-0.3, -0.25) is 9.36 Å². The molecule has 0 spiro atoms. The number of benzene rings is 1. The Morgan fingerprint density at radius 1 is 1.10 bits per heavy atom. The molecule has 29 heavy (non-hydrogen) atoms. The summed E-state index contributed by atoms with van der Waals surface area (Å²) in [5.41, 5.74) is -1.09. The van der Waals surface area contributed by atoms with Crippen LogP contribution in [0.4, 0.5) is 17.6 Å². The predicted molar refractivity (Wildman–Crippen MR) is 96.4 cm³/mol. The molecule has 0 unspecified atom stereocenters. The number of imidazole rings is 1. The molecule has 160 valence electrons. The van der Waals surface area contributed by atoms with Crippen LogP contribution in [-0.2, 0) is 16.6 Å². The lowest BCUT2D eigenvalue weighted by Crippen LogP contribution is -2.37. The van der Waals surface area contributed by atoms with Gasteiger partial charge in [0.15, 0.2) is 23.3 Å². The van der Waals surface area contributed by atoms with E-state index in [1.807, 2.05) is 6.92 Å². The number of carbonyl (C=O) groups is 1. The second-order valence-corrected chi connectivity index (χ2v) is 7.36. The fourth-order valence-corrected chi connectivity index (χ4v) is 3.52. The van der Waals surface area contributed by atoms with Gasteiger partial charge in [-0.25, -0.2) is 17.6 Å². The van der Waals surface area contributed by atoms with E-state index in [0.717, 1.165) is 4.57 Å². The summed E-state index contributed by atoms with van der Waals surface area (Å²) in [6.45, 7) is 3.70. The van der Waals surface area contributed by atoms with E-state index in [4.69, 9.17) is 9.47 Å². The number of ether oxygens (including phenoxy) is 2. The molecule has 1 heterocycles. The van der Waals surface area contributed by atoms with Crippen LogP contribution in [0.15, 0.2) is 0 Å². The Morgan fingerprint density at radius 2 is 1.69 bits per heavy atom. The average molecular weight is 417 g/mol. The van der Waals surface area contributed by atoms with E-state index in [0.29, 0.717) is 32.3 Å². The highest BCUT2D eigenvalue weighted by atomic mass is 19.2. The number of rotatable bonds is 6. The third-order valence-electron chi connectivity index (χ3n) is 4.97. The normalized spacial score (nSPS) is 20.7. The Hall–Kier alpha value is -2.36. The molecule has 1 fully saturated rings. The first-order valence-corrected chi connectivity index (χ1v) is 9.42. The van der Waals surface area contributed by atoms with Crippen molar-refractivity contribution in [1.82, 2.24) is 14.9 Å². The number of nitrogens with one attached hydrogen (secondary N) is 1. The van der Waals surface area contributed by atoms with Gasteiger partial charge >= 0.3 is 0 Å². The topological polar surface area (TPSA) is 65.4 Å². The molecule has 1 amide bonds. The van der Waals surface area contributed by atoms with Crippen molar-refractivity contribution in [2.24, 2.45) is 7.05 Å². The molecule has 3 rings (SSSR count). The minimum Gasteiger partial charge on any atom is -0.461 e. The maximum absolute atomic E-state index is 14.0. The summed E-state index contributed by atoms with van der Waals surface area (Å²) >= 11 is 0. The smallest absolute Gasteiger partial charge is 0.297 e. The van der Waals surface area contributed by atoms with E-state index in [-0.39, 0.29) is 30.2 Å². The minimum atomic E-state index is -1.90. The zero-order chi connectivity index (χ0) is 21.3. The Bertz CT molecular complexity index is 910. The van der Waals surface area contributed by atoms with E-state index in [1.54, 1.807) is 0 Å². The van der Waals surface area contributed by atoms with Gasteiger partial charge < -0.3 is 14.8 Å². The first-order chi connectivity index (χ1) is 13.7. The molecule has 0 radical (unpaired) electrons. The number of nitrogens with zero attached hydrogens (tertiary/aromatic N) is 2. The largest absolute Gasteiger partial charge is 0.461 e. The Balaban J connectivity index is 1.62. The lowest BCUT2D eigenvalue weighted by Gasteiger charge is -2.29. The highest BCUT2D eigenvalue weighted by molar-refractivity contribution is 5.78. The summed E-state index contributed by atoms with van der Waals surface area (Å²) in [5.74, 6) is -6.95. The molecule has 2 aromatic rings. The third-order valence-corrected chi connectivity index (χ3v) is 4.97. The molecule has 1 saturated carbocycles. The first-order valence-electron chi connectivity index (χ1n) is 9.42. The number of halogens is 4. The molecule has 1 aliphatic rings. The summed E-state index contributed by atoms with van der Waals surface area (Å²) in [5, 5.41) is 2.75. The van der Waals surface area contributed by atoms with Crippen LogP contribution in [0.25, 0.3) is 11.0 Å². The predicted octanol–water partition coefficient (Wildman–Crippen LogP) is 3.36. The second-order valence-electron chi connectivity index (χ2n) is 7.36. The van der Waals surface area contributed by atoms with Crippen LogP contribution in [-0.4, -0.2) is 40.3 Å². The Kier molecular flexibility index (Phi) is 6.30. The van der Waals surface area contributed by atoms with Crippen molar-refractivity contribution in [2.75, 3.05) is 6.61 Å². The summed E-state index contributed by atoms with van der Waals surface area (Å²) in [6, 6.07) is -0.196. The van der Waals surface area contributed by atoms with E-state index < -0.39 is 34.3 Å². The molecule has 0 aliphatic heterocycles. The zero-order valence-electron chi connectivity index (χ0n) is 16.4. The number of hydrogen-bond donors (Lipinski definition) is 1. The van der Waals surface area contributed by atoms with Crippen LogP contribution in [0.3, 0.4) is 0 Å². The molecule has 10 heteroatoms. The number of hydrogen-bond acceptors (Lipinski definition) is 4. The molecule has 1 atom stereocenters. The van der Waals surface area contributed by atoms with Crippen molar-refractivity contribution in [2.45, 2.75) is 57.8 Å². The molecule has 1 N–H and O–H groups in total. The quantitative estimate of drug-likeness (QED) is 0.445. The average Bonchev–Trinajstić information content (AvgIpc) is 3.00. The summed E-state index contributed by atoms with van der Waals surface area (Å²) < 4.78 is 67.5. The Morgan fingerprint density at radius 3 is 2.31 bits per heavy atom. The Labute approximate surface area is 165 Å². The number of carbonyl (C=O) groups excluding carboxylic acids is 1. The molecule has 6 nitrogen and oxygen atoms in total. The van der Waals surface area contributed by atoms with Gasteiger partial charge in [-0.1, -0.05) is 0 Å². The lowest BCUT2D eigenvalue weighted by atomic mass is 9.95. The van der Waals surface area contributed by atoms with Crippen molar-refractivity contribution in [3.8, 4) is 6.01 Å². The molecule has 1 aliphatic carbocycles. The van der Waals surface area contributed by atoms with Crippen LogP contribution < -0.4 is 10.1 Å². The van der Waals surface area contributed by atoms with Crippen molar-refractivity contribution < 1.29 is 31.8 Å². The molecule has 1 aromatic carbocycles. The fourth-order valence-electron chi connectivity index (χ4n) is 3.52. The van der Waals surface area contributed by atoms with Crippen molar-refractivity contribution in [3.63, 3.8) is 0 Å². The van der Waals surface area contributed by atoms with Gasteiger partial charge in [0.05, 0.1) is 12.7 Å². The summed E-state index contributed by atoms with van der Waals surface area (Å²) in [6.07, 6.45) is 2.40. The molecular weight excluding hydrogens is 394 g/mol. The van der Waals surface area contributed by atoms with Gasteiger partial charge in [-0.2, -0.15) is 4.98 Å². The van der Waals surface area contributed by atoms with Crippen LogP contribution in [0, 0.1) is 23.3 Å². The maximum Gasteiger partial charge on any atom is 0.297 e. The van der Waals surface area contributed by atoms with Gasteiger partial charge in [0.1, 0.15) is 17.1 Å². The molecule has 0 bridgehead atoms. The van der Waals surface area contributed by atoms with Crippen molar-refractivity contribution >= 4 is 16.9 Å². The molecule has 1 aromatic heterocycles. The third kappa shape index (κ3) is 4.47. The fraction of sp³-hybridized carbons (Fsp3) is 0.579. The standard InChI is InChI=1S/C19H23F4N3O3/c1-9(24-10(2)27)8-28-11-4-6-12(7-5-11)29-19-25-17-15(22)13(20)14(21)16(23)18(17)26(19)3/h9,11-12H,4-8H2,1-3H3,(H,24,27)/t9-,11-,12-/m0/s1. The van der Waals surface area contributed by atoms with Crippen LogP contribution in [0.5, 0.6) is 6.01 Å². The van der Waals surface area contributed by atoms with Gasteiger partial charge in [0, 0.05) is 20.0 Å². The highest BCUT2D eigenvalue weighted by Gasteiger charge is 2.28. The van der Waals surface area contributed by atoms with Gasteiger partial charge in [0.2, 0.25) is 5.91 Å². The number of aromatic nitrogens is 2. The summed E-state index contributed by atoms with van der Waals surface area (Å²) in [4.78, 5) is 14.8. The van der Waals surface area contributed by atoms with Crippen molar-refractivity contribution in [3.05, 3.63) is 23.3 Å². The van der Waals surface area contributed by atoms with E-state index in [2.05, 4.69) is 10.3 Å². The van der Waals surface area contributed by atoms with Crippen molar-refractivity contribution in [1.29, 1.82) is 0 Å². The van der Waals surface area contributed by atoms with Gasteiger partial charge in [-0.05, 0) is 32.6 Å². The van der Waals surface area contributed by atoms with E-state index in [1.165, 1.54) is 14.0 Å². The SMILES string of the molecule is CC(=O)N[C@@H](C)CO[C@H]1CC[C@H](Oc2nc3c(F)c(F)c(F)c(F)c3n2C)CC1. The van der Waals surface area contributed by atoms with Crippen LogP contribution in [0.1, 0.15) is 39.5 Å². The highest BCUT2D eigenvalue weighted by Crippen LogP contribution is 2.31. The maximum atomic E-state index is 14.0. The first kappa shape index (κ1) is 21.4. The number of fused-ring (bicyclic) bond motifs is 1.